The highest BCUT2D eigenvalue weighted by atomic mass is 28.3. The maximum absolute atomic E-state index is 2.67. The van der Waals surface area contributed by atoms with Gasteiger partial charge >= 0.3 is 0 Å². The van der Waals surface area contributed by atoms with Crippen LogP contribution < -0.4 is 0 Å². The third-order valence-corrected chi connectivity index (χ3v) is 5.44. The Balaban J connectivity index is 2.32. The molecule has 1 aliphatic carbocycles. The SMILES string of the molecule is C[SiH](C)N(C1=Cc2ccccc2C1)C(C)(C)C. The zero-order valence-electron chi connectivity index (χ0n) is 11.6. The van der Waals surface area contributed by atoms with Gasteiger partial charge in [-0.15, -0.1) is 0 Å². The van der Waals surface area contributed by atoms with E-state index >= 15 is 0 Å². The zero-order valence-corrected chi connectivity index (χ0v) is 12.8. The molecule has 0 bridgehead atoms. The maximum Gasteiger partial charge on any atom is 0.134 e. The number of benzene rings is 1. The lowest BCUT2D eigenvalue weighted by Gasteiger charge is -2.42. The quantitative estimate of drug-likeness (QED) is 0.719. The summed E-state index contributed by atoms with van der Waals surface area (Å²) in [5, 5.41) is 0. The molecule has 0 saturated heterocycles. The van der Waals surface area contributed by atoms with E-state index in [4.69, 9.17) is 0 Å². The van der Waals surface area contributed by atoms with Crippen molar-refractivity contribution < 1.29 is 0 Å². The summed E-state index contributed by atoms with van der Waals surface area (Å²) < 4.78 is 2.67. The topological polar surface area (TPSA) is 3.24 Å². The first-order chi connectivity index (χ1) is 7.89. The van der Waals surface area contributed by atoms with Crippen molar-refractivity contribution in [2.45, 2.75) is 45.8 Å². The summed E-state index contributed by atoms with van der Waals surface area (Å²) in [6.45, 7) is 11.8. The predicted octanol–water partition coefficient (Wildman–Crippen LogP) is 3.67. The first-order valence-corrected chi connectivity index (χ1v) is 9.30. The fraction of sp³-hybridized carbons (Fsp3) is 0.467. The Morgan fingerprint density at radius 3 is 2.29 bits per heavy atom. The smallest absolute Gasteiger partial charge is 0.134 e. The van der Waals surface area contributed by atoms with Crippen molar-refractivity contribution in [3.8, 4) is 0 Å². The molecule has 2 rings (SSSR count). The molecule has 0 heterocycles. The van der Waals surface area contributed by atoms with Gasteiger partial charge in [-0.2, -0.15) is 0 Å². The zero-order chi connectivity index (χ0) is 12.6. The molecular weight excluding hydrogens is 222 g/mol. The van der Waals surface area contributed by atoms with Crippen LogP contribution in [0, 0.1) is 0 Å². The monoisotopic (exact) mass is 245 g/mol. The molecule has 0 N–H and O–H groups in total. The minimum Gasteiger partial charge on any atom is -0.399 e. The Morgan fingerprint density at radius 2 is 1.76 bits per heavy atom. The van der Waals surface area contributed by atoms with Crippen molar-refractivity contribution in [3.63, 3.8) is 0 Å². The summed E-state index contributed by atoms with van der Waals surface area (Å²) >= 11 is 0. The Labute approximate surface area is 107 Å². The lowest BCUT2D eigenvalue weighted by atomic mass is 10.1. The van der Waals surface area contributed by atoms with Gasteiger partial charge in [-0.1, -0.05) is 37.4 Å². The largest absolute Gasteiger partial charge is 0.399 e. The van der Waals surface area contributed by atoms with E-state index in [1.165, 1.54) is 16.8 Å². The van der Waals surface area contributed by atoms with Crippen LogP contribution in [0.4, 0.5) is 0 Å². The van der Waals surface area contributed by atoms with E-state index in [1.807, 2.05) is 0 Å². The summed E-state index contributed by atoms with van der Waals surface area (Å²) in [6, 6.07) is 8.75. The summed E-state index contributed by atoms with van der Waals surface area (Å²) in [6.07, 6.45) is 3.49. The van der Waals surface area contributed by atoms with Gasteiger partial charge in [0.2, 0.25) is 0 Å². The highest BCUT2D eigenvalue weighted by Crippen LogP contribution is 2.31. The van der Waals surface area contributed by atoms with E-state index in [-0.39, 0.29) is 5.54 Å². The number of hydrogen-bond acceptors (Lipinski definition) is 1. The summed E-state index contributed by atoms with van der Waals surface area (Å²) in [5.41, 5.74) is 4.65. The first kappa shape index (κ1) is 12.4. The third kappa shape index (κ3) is 2.47. The maximum atomic E-state index is 2.67. The minimum absolute atomic E-state index is 0.244. The van der Waals surface area contributed by atoms with Crippen LogP contribution in [0.1, 0.15) is 31.9 Å². The normalized spacial score (nSPS) is 14.8. The van der Waals surface area contributed by atoms with Crippen molar-refractivity contribution in [1.82, 2.24) is 4.57 Å². The molecule has 0 unspecified atom stereocenters. The number of allylic oxidation sites excluding steroid dienone is 1. The second-order valence-electron chi connectivity index (χ2n) is 6.15. The highest BCUT2D eigenvalue weighted by molar-refractivity contribution is 6.53. The molecule has 0 fully saturated rings. The van der Waals surface area contributed by atoms with E-state index in [9.17, 15) is 0 Å². The molecule has 2 heteroatoms. The Kier molecular flexibility index (Phi) is 3.17. The van der Waals surface area contributed by atoms with Crippen LogP contribution in [0.3, 0.4) is 0 Å². The summed E-state index contributed by atoms with van der Waals surface area (Å²) in [5.74, 6) is 0. The van der Waals surface area contributed by atoms with E-state index in [1.54, 1.807) is 0 Å². The van der Waals surface area contributed by atoms with Crippen LogP contribution in [0.15, 0.2) is 30.0 Å². The second-order valence-corrected chi connectivity index (χ2v) is 8.85. The molecule has 0 spiro atoms. The first-order valence-electron chi connectivity index (χ1n) is 6.47. The summed E-state index contributed by atoms with van der Waals surface area (Å²) in [4.78, 5) is 0. The second kappa shape index (κ2) is 4.34. The molecular formula is C15H23NSi. The highest BCUT2D eigenvalue weighted by Gasteiger charge is 2.28. The Hall–Kier alpha value is -1.02. The molecule has 1 nitrogen and oxygen atoms in total. The van der Waals surface area contributed by atoms with Crippen molar-refractivity contribution in [3.05, 3.63) is 41.1 Å². The lowest BCUT2D eigenvalue weighted by Crippen LogP contribution is -2.47. The molecule has 1 aromatic rings. The van der Waals surface area contributed by atoms with E-state index < -0.39 is 8.96 Å². The average Bonchev–Trinajstić information content (AvgIpc) is 2.56. The van der Waals surface area contributed by atoms with E-state index in [0.717, 1.165) is 6.42 Å². The van der Waals surface area contributed by atoms with E-state index in [0.29, 0.717) is 0 Å². The Bertz CT molecular complexity index is 440. The van der Waals surface area contributed by atoms with Crippen molar-refractivity contribution in [1.29, 1.82) is 0 Å². The molecule has 0 radical (unpaired) electrons. The molecule has 0 aromatic heterocycles. The van der Waals surface area contributed by atoms with Gasteiger partial charge in [-0.05, 0) is 38.0 Å². The van der Waals surface area contributed by atoms with Crippen molar-refractivity contribution >= 4 is 15.0 Å². The van der Waals surface area contributed by atoms with Crippen LogP contribution in [0.25, 0.3) is 6.08 Å². The fourth-order valence-corrected chi connectivity index (χ4v) is 5.33. The van der Waals surface area contributed by atoms with Gasteiger partial charge in [0.25, 0.3) is 0 Å². The molecule has 92 valence electrons. The Morgan fingerprint density at radius 1 is 1.12 bits per heavy atom. The molecule has 1 aromatic carbocycles. The predicted molar refractivity (Wildman–Crippen MR) is 78.6 cm³/mol. The molecule has 17 heavy (non-hydrogen) atoms. The molecule has 0 saturated carbocycles. The van der Waals surface area contributed by atoms with Gasteiger partial charge in [0, 0.05) is 17.7 Å². The minimum atomic E-state index is -0.830. The van der Waals surface area contributed by atoms with Crippen LogP contribution in [0.5, 0.6) is 0 Å². The van der Waals surface area contributed by atoms with Crippen molar-refractivity contribution in [2.75, 3.05) is 0 Å². The van der Waals surface area contributed by atoms with E-state index in [2.05, 4.69) is 68.8 Å². The van der Waals surface area contributed by atoms with Crippen LogP contribution in [-0.4, -0.2) is 19.1 Å². The van der Waals surface area contributed by atoms with Crippen LogP contribution in [0.2, 0.25) is 13.1 Å². The van der Waals surface area contributed by atoms with Gasteiger partial charge in [-0.3, -0.25) is 0 Å². The number of fused-ring (bicyclic) bond motifs is 1. The third-order valence-electron chi connectivity index (χ3n) is 3.30. The number of nitrogens with zero attached hydrogens (tertiary/aromatic N) is 1. The van der Waals surface area contributed by atoms with Gasteiger partial charge in [-0.25, -0.2) is 0 Å². The van der Waals surface area contributed by atoms with Gasteiger partial charge in [0.15, 0.2) is 0 Å². The fourth-order valence-electron chi connectivity index (χ4n) is 2.95. The van der Waals surface area contributed by atoms with Gasteiger partial charge in [0.05, 0.1) is 0 Å². The molecule has 0 amide bonds. The van der Waals surface area contributed by atoms with Gasteiger partial charge in [0.1, 0.15) is 8.96 Å². The standard InChI is InChI=1S/C15H23NSi/c1-15(2,3)16(17(4)5)14-10-12-8-6-7-9-13(12)11-14/h6-10,17H,11H2,1-5H3. The van der Waals surface area contributed by atoms with Crippen LogP contribution >= 0.6 is 0 Å². The molecule has 0 aliphatic heterocycles. The number of hydrogen-bond donors (Lipinski definition) is 0. The lowest BCUT2D eigenvalue weighted by molar-refractivity contribution is 0.300. The average molecular weight is 245 g/mol. The van der Waals surface area contributed by atoms with Crippen molar-refractivity contribution in [2.24, 2.45) is 0 Å². The number of rotatable bonds is 2. The van der Waals surface area contributed by atoms with Crippen LogP contribution in [-0.2, 0) is 6.42 Å². The van der Waals surface area contributed by atoms with Gasteiger partial charge < -0.3 is 4.57 Å². The molecule has 1 aliphatic rings. The summed E-state index contributed by atoms with van der Waals surface area (Å²) in [7, 11) is -0.830. The molecule has 0 atom stereocenters.